The smallest absolute Gasteiger partial charge is 0.257 e. The molecule has 3 saturated heterocycles. The van der Waals surface area contributed by atoms with Crippen molar-refractivity contribution in [3.63, 3.8) is 0 Å². The third kappa shape index (κ3) is 3.02. The molecule has 4 fully saturated rings. The molecular formula is C25H25F3N2O3. The third-order valence-corrected chi connectivity index (χ3v) is 8.29. The van der Waals surface area contributed by atoms with E-state index in [1.165, 1.54) is 24.3 Å². The van der Waals surface area contributed by atoms with E-state index >= 15 is 0 Å². The van der Waals surface area contributed by atoms with Crippen LogP contribution in [0, 0.1) is 17.2 Å². The Morgan fingerprint density at radius 2 is 1.79 bits per heavy atom. The standard InChI is InChI=1S/C25H25F3N2O3/c26-16-11-19(28)15-12-24(13-15,14-16)20-5-6-21-30(20)23(32)25(33-21)7-9-29(10-8-25)22(31)17-3-1-2-4-18(17)27/h1-4,11,14-15,20-21H,5-10,12-13H2/t15?,20-,21?,24?/m0/s1. The van der Waals surface area contributed by atoms with Crippen LogP contribution in [-0.2, 0) is 9.53 Å². The molecule has 1 unspecified atom stereocenters. The summed E-state index contributed by atoms with van der Waals surface area (Å²) in [5, 5.41) is 0. The van der Waals surface area contributed by atoms with Crippen molar-refractivity contribution in [3.8, 4) is 0 Å². The van der Waals surface area contributed by atoms with Crippen LogP contribution in [0.15, 0.2) is 48.1 Å². The molecule has 3 heterocycles. The number of hydrogen-bond donors (Lipinski definition) is 0. The Hall–Kier alpha value is -2.61. The molecule has 174 valence electrons. The van der Waals surface area contributed by atoms with Gasteiger partial charge in [-0.1, -0.05) is 12.1 Å². The topological polar surface area (TPSA) is 49.9 Å². The quantitative estimate of drug-likeness (QED) is 0.665. The number of ether oxygens (including phenoxy) is 1. The number of likely N-dealkylation sites (tertiary alicyclic amines) is 1. The van der Waals surface area contributed by atoms with E-state index in [1.54, 1.807) is 15.9 Å². The normalized spacial score (nSPS) is 34.5. The number of carbonyl (C=O) groups is 2. The molecule has 2 bridgehead atoms. The first kappa shape index (κ1) is 21.0. The monoisotopic (exact) mass is 458 g/mol. The maximum atomic E-state index is 14.3. The predicted molar refractivity (Wildman–Crippen MR) is 113 cm³/mol. The van der Waals surface area contributed by atoms with Gasteiger partial charge < -0.3 is 14.5 Å². The molecule has 2 atom stereocenters. The number of rotatable bonds is 2. The highest BCUT2D eigenvalue weighted by Crippen LogP contribution is 2.60. The molecule has 6 aliphatic rings. The second-order valence-corrected chi connectivity index (χ2v) is 10.0. The summed E-state index contributed by atoms with van der Waals surface area (Å²) in [4.78, 5) is 29.8. The van der Waals surface area contributed by atoms with Gasteiger partial charge in [0.05, 0.1) is 5.56 Å². The molecule has 0 N–H and O–H groups in total. The van der Waals surface area contributed by atoms with Crippen LogP contribution >= 0.6 is 0 Å². The van der Waals surface area contributed by atoms with Gasteiger partial charge in [0, 0.05) is 49.4 Å². The van der Waals surface area contributed by atoms with Crippen molar-refractivity contribution in [1.29, 1.82) is 0 Å². The van der Waals surface area contributed by atoms with E-state index in [2.05, 4.69) is 0 Å². The lowest BCUT2D eigenvalue weighted by atomic mass is 9.58. The van der Waals surface area contributed by atoms with Gasteiger partial charge in [-0.05, 0) is 43.9 Å². The number of allylic oxidation sites excluding steroid dienone is 3. The van der Waals surface area contributed by atoms with E-state index in [-0.39, 0.29) is 35.6 Å². The molecule has 0 radical (unpaired) electrons. The van der Waals surface area contributed by atoms with Crippen molar-refractivity contribution in [3.05, 3.63) is 59.5 Å². The Morgan fingerprint density at radius 1 is 1.06 bits per heavy atom. The SMILES string of the molecule is O=C(c1ccccc1F)N1CCC2(CC1)OC1CC[C@@H](C34C=C(F)C=C(F)C(C3)C4)N1C2=O. The Bertz CT molecular complexity index is 1090. The van der Waals surface area contributed by atoms with Gasteiger partial charge in [-0.3, -0.25) is 9.59 Å². The van der Waals surface area contributed by atoms with Crippen LogP contribution in [0.4, 0.5) is 13.2 Å². The van der Waals surface area contributed by atoms with E-state index in [9.17, 15) is 22.8 Å². The Morgan fingerprint density at radius 3 is 2.52 bits per heavy atom. The second-order valence-electron chi connectivity index (χ2n) is 10.0. The number of amides is 2. The fourth-order valence-corrected chi connectivity index (χ4v) is 6.59. The molecule has 1 aromatic rings. The van der Waals surface area contributed by atoms with Crippen molar-refractivity contribution in [2.24, 2.45) is 11.3 Å². The molecule has 0 aromatic heterocycles. The molecule has 3 aliphatic carbocycles. The maximum Gasteiger partial charge on any atom is 0.257 e. The zero-order valence-electron chi connectivity index (χ0n) is 18.1. The number of piperidine rings is 1. The number of hydrogen-bond acceptors (Lipinski definition) is 3. The van der Waals surface area contributed by atoms with Gasteiger partial charge in [-0.2, -0.15) is 0 Å². The molecule has 1 spiro atoms. The minimum atomic E-state index is -1.01. The second kappa shape index (κ2) is 7.19. The van der Waals surface area contributed by atoms with Crippen molar-refractivity contribution in [2.45, 2.75) is 56.4 Å². The van der Waals surface area contributed by atoms with E-state index in [0.29, 0.717) is 51.6 Å². The molecule has 2 amide bonds. The van der Waals surface area contributed by atoms with Gasteiger partial charge in [0.15, 0.2) is 5.60 Å². The molecular weight excluding hydrogens is 433 g/mol. The lowest BCUT2D eigenvalue weighted by Crippen LogP contribution is -2.56. The van der Waals surface area contributed by atoms with Crippen LogP contribution in [0.25, 0.3) is 0 Å². The highest BCUT2D eigenvalue weighted by Gasteiger charge is 2.63. The fraction of sp³-hybridized carbons (Fsp3) is 0.520. The van der Waals surface area contributed by atoms with Crippen LogP contribution < -0.4 is 0 Å². The zero-order chi connectivity index (χ0) is 23.0. The Labute approximate surface area is 189 Å². The largest absolute Gasteiger partial charge is 0.342 e. The van der Waals surface area contributed by atoms with Crippen molar-refractivity contribution < 1.29 is 27.5 Å². The van der Waals surface area contributed by atoms with Crippen molar-refractivity contribution in [2.75, 3.05) is 13.1 Å². The van der Waals surface area contributed by atoms with E-state index in [1.807, 2.05) is 0 Å². The minimum absolute atomic E-state index is 0.0226. The number of halogens is 3. The van der Waals surface area contributed by atoms with Crippen molar-refractivity contribution in [1.82, 2.24) is 9.80 Å². The average Bonchev–Trinajstić information content (AvgIpc) is 3.21. The first-order valence-corrected chi connectivity index (χ1v) is 11.6. The highest BCUT2D eigenvalue weighted by atomic mass is 19.1. The number of carbonyl (C=O) groups excluding carboxylic acids is 2. The summed E-state index contributed by atoms with van der Waals surface area (Å²) in [6, 6.07) is 5.66. The molecule has 5 nitrogen and oxygen atoms in total. The Balaban J connectivity index is 1.19. The van der Waals surface area contributed by atoms with Crippen molar-refractivity contribution >= 4 is 11.8 Å². The molecule has 33 heavy (non-hydrogen) atoms. The number of benzene rings is 1. The number of nitrogens with zero attached hydrogens (tertiary/aromatic N) is 2. The van der Waals surface area contributed by atoms with Gasteiger partial charge in [0.1, 0.15) is 23.7 Å². The molecule has 1 saturated carbocycles. The van der Waals surface area contributed by atoms with Gasteiger partial charge in [0.2, 0.25) is 0 Å². The lowest BCUT2D eigenvalue weighted by molar-refractivity contribution is -0.144. The molecule has 1 aromatic carbocycles. The summed E-state index contributed by atoms with van der Waals surface area (Å²) in [7, 11) is 0. The fourth-order valence-electron chi connectivity index (χ4n) is 6.59. The lowest BCUT2D eigenvalue weighted by Gasteiger charge is -2.50. The summed E-state index contributed by atoms with van der Waals surface area (Å²) in [6.07, 6.45) is 5.14. The number of fused-ring (bicyclic) bond motifs is 2. The minimum Gasteiger partial charge on any atom is -0.342 e. The summed E-state index contributed by atoms with van der Waals surface area (Å²) in [5.74, 6) is -2.34. The van der Waals surface area contributed by atoms with Crippen LogP contribution in [0.1, 0.15) is 48.9 Å². The van der Waals surface area contributed by atoms with Crippen LogP contribution in [-0.4, -0.2) is 52.6 Å². The predicted octanol–water partition coefficient (Wildman–Crippen LogP) is 4.26. The van der Waals surface area contributed by atoms with Gasteiger partial charge in [-0.25, -0.2) is 13.2 Å². The van der Waals surface area contributed by atoms with Crippen LogP contribution in [0.3, 0.4) is 0 Å². The first-order valence-electron chi connectivity index (χ1n) is 11.6. The van der Waals surface area contributed by atoms with Crippen LogP contribution in [0.5, 0.6) is 0 Å². The molecule has 7 rings (SSSR count). The first-order chi connectivity index (χ1) is 15.8. The zero-order valence-corrected chi connectivity index (χ0v) is 18.1. The maximum absolute atomic E-state index is 14.3. The van der Waals surface area contributed by atoms with E-state index < -0.39 is 28.5 Å². The Kier molecular flexibility index (Phi) is 4.57. The average molecular weight is 458 g/mol. The third-order valence-electron chi connectivity index (χ3n) is 8.29. The van der Waals surface area contributed by atoms with E-state index in [4.69, 9.17) is 4.74 Å². The molecule has 3 aliphatic heterocycles. The summed E-state index contributed by atoms with van der Waals surface area (Å²) in [5.41, 5.74) is -1.54. The summed E-state index contributed by atoms with van der Waals surface area (Å²) in [6.45, 7) is 0.585. The highest BCUT2D eigenvalue weighted by molar-refractivity contribution is 5.95. The molecule has 8 heteroatoms. The van der Waals surface area contributed by atoms with Gasteiger partial charge in [-0.15, -0.1) is 0 Å². The van der Waals surface area contributed by atoms with E-state index in [0.717, 1.165) is 6.08 Å². The summed E-state index contributed by atoms with van der Waals surface area (Å²) >= 11 is 0. The summed E-state index contributed by atoms with van der Waals surface area (Å²) < 4.78 is 48.7. The van der Waals surface area contributed by atoms with Crippen LogP contribution in [0.2, 0.25) is 0 Å². The van der Waals surface area contributed by atoms with Gasteiger partial charge in [0.25, 0.3) is 11.8 Å². The van der Waals surface area contributed by atoms with Gasteiger partial charge >= 0.3 is 0 Å².